The lowest BCUT2D eigenvalue weighted by atomic mass is 9.83. The van der Waals surface area contributed by atoms with Gasteiger partial charge >= 0.3 is 12.1 Å². The van der Waals surface area contributed by atoms with Crippen molar-refractivity contribution in [3.63, 3.8) is 0 Å². The molecular weight excluding hydrogens is 472 g/mol. The Morgan fingerprint density at radius 1 is 1.11 bits per heavy atom. The zero-order chi connectivity index (χ0) is 26.7. The van der Waals surface area contributed by atoms with Crippen molar-refractivity contribution in [3.05, 3.63) is 58.4 Å². The maximum absolute atomic E-state index is 13.4. The van der Waals surface area contributed by atoms with Crippen LogP contribution in [0.1, 0.15) is 85.2 Å². The number of amides is 1. The number of pyridine rings is 1. The quantitative estimate of drug-likeness (QED) is 0.389. The van der Waals surface area contributed by atoms with Gasteiger partial charge in [-0.1, -0.05) is 26.8 Å². The predicted octanol–water partition coefficient (Wildman–Crippen LogP) is 4.51. The van der Waals surface area contributed by atoms with Crippen LogP contribution in [0.5, 0.6) is 0 Å². The molecule has 2 unspecified atom stereocenters. The number of aromatic nitrogens is 1. The number of amidine groups is 1. The molecule has 0 radical (unpaired) electrons. The highest BCUT2D eigenvalue weighted by Gasteiger charge is 2.56. The number of aliphatic carboxylic acids is 1. The molecule has 194 valence electrons. The molecule has 2 fully saturated rings. The molecule has 1 amide bonds. The van der Waals surface area contributed by atoms with Crippen LogP contribution >= 0.6 is 0 Å². The van der Waals surface area contributed by atoms with E-state index in [1.807, 2.05) is 32.9 Å². The van der Waals surface area contributed by atoms with Gasteiger partial charge in [0.2, 0.25) is 6.04 Å². The van der Waals surface area contributed by atoms with E-state index in [4.69, 9.17) is 10.4 Å². The van der Waals surface area contributed by atoms with E-state index in [-0.39, 0.29) is 31.1 Å². The Labute approximate surface area is 215 Å². The molecule has 3 aliphatic rings. The molecule has 2 atom stereocenters. The highest BCUT2D eigenvalue weighted by atomic mass is 16.4. The van der Waals surface area contributed by atoms with Gasteiger partial charge in [-0.15, -0.1) is 0 Å². The molecule has 2 aromatic rings. The number of carboxylic acid groups (broad SMARTS) is 2. The minimum Gasteiger partial charge on any atom is -0.477 e. The summed E-state index contributed by atoms with van der Waals surface area (Å²) in [6.45, 7) is 6.43. The third-order valence-electron chi connectivity index (χ3n) is 7.94. The summed E-state index contributed by atoms with van der Waals surface area (Å²) < 4.78 is -0.669. The molecule has 37 heavy (non-hydrogen) atoms. The van der Waals surface area contributed by atoms with Crippen LogP contribution in [0, 0.1) is 5.41 Å². The molecule has 0 bridgehead atoms. The van der Waals surface area contributed by atoms with Gasteiger partial charge in [0.15, 0.2) is 5.78 Å². The van der Waals surface area contributed by atoms with E-state index in [0.717, 1.165) is 24.1 Å². The summed E-state index contributed by atoms with van der Waals surface area (Å²) in [5.74, 6) is -0.591. The first kappa shape index (κ1) is 25.1. The van der Waals surface area contributed by atoms with Crippen LogP contribution in [0.2, 0.25) is 0 Å². The third-order valence-corrected chi connectivity index (χ3v) is 7.94. The molecule has 1 saturated heterocycles. The van der Waals surface area contributed by atoms with Gasteiger partial charge in [-0.05, 0) is 36.5 Å². The van der Waals surface area contributed by atoms with E-state index in [0.29, 0.717) is 41.4 Å². The first-order chi connectivity index (χ1) is 17.4. The zero-order valence-electron chi connectivity index (χ0n) is 21.5. The molecule has 1 aliphatic carbocycles. The van der Waals surface area contributed by atoms with Gasteiger partial charge in [0, 0.05) is 53.8 Å². The monoisotopic (exact) mass is 505 g/mol. The van der Waals surface area contributed by atoms with Crippen LogP contribution in [0.25, 0.3) is 0 Å². The maximum Gasteiger partial charge on any atom is 0.519 e. The van der Waals surface area contributed by atoms with Gasteiger partial charge in [-0.3, -0.25) is 10.2 Å². The Balaban J connectivity index is 1.45. The Morgan fingerprint density at radius 2 is 1.84 bits per heavy atom. The Hall–Kier alpha value is -3.59. The third kappa shape index (κ3) is 4.21. The smallest absolute Gasteiger partial charge is 0.477 e. The van der Waals surface area contributed by atoms with Crippen molar-refractivity contribution in [1.29, 1.82) is 5.41 Å². The fourth-order valence-corrected chi connectivity index (χ4v) is 5.78. The minimum atomic E-state index is -1.20. The number of carboxylic acids is 1. The van der Waals surface area contributed by atoms with Crippen LogP contribution in [-0.4, -0.2) is 62.9 Å². The summed E-state index contributed by atoms with van der Waals surface area (Å²) in [5.41, 5.74) is 3.54. The number of ketones is 1. The SMILES string of the molecule is CC(C)(C)c1cc(C(=O)CN2Cc3ccc(C4CC4)nc3C2=N)ccc1[N+]1(C(=O)O)CCCC1C(=O)O. The van der Waals surface area contributed by atoms with E-state index in [1.54, 1.807) is 23.1 Å². The molecular formula is C28H33N4O5+. The summed E-state index contributed by atoms with van der Waals surface area (Å²) in [7, 11) is 0. The fourth-order valence-electron chi connectivity index (χ4n) is 5.78. The van der Waals surface area contributed by atoms with Crippen LogP contribution in [-0.2, 0) is 16.8 Å². The lowest BCUT2D eigenvalue weighted by molar-refractivity contribution is -0.141. The molecule has 2 aliphatic heterocycles. The second-order valence-corrected chi connectivity index (χ2v) is 11.5. The second-order valence-electron chi connectivity index (χ2n) is 11.5. The summed E-state index contributed by atoms with van der Waals surface area (Å²) >= 11 is 0. The van der Waals surface area contributed by atoms with E-state index in [1.165, 1.54) is 0 Å². The van der Waals surface area contributed by atoms with E-state index < -0.39 is 28.0 Å². The first-order valence-electron chi connectivity index (χ1n) is 12.8. The number of carbonyl (C=O) groups is 3. The topological polar surface area (TPSA) is 132 Å². The highest BCUT2D eigenvalue weighted by molar-refractivity contribution is 6.04. The van der Waals surface area contributed by atoms with Gasteiger partial charge in [0.25, 0.3) is 0 Å². The number of carbonyl (C=O) groups excluding carboxylic acids is 1. The average molecular weight is 506 g/mol. The van der Waals surface area contributed by atoms with Crippen LogP contribution in [0.15, 0.2) is 30.3 Å². The number of quaternary nitrogens is 1. The van der Waals surface area contributed by atoms with Gasteiger partial charge in [0.1, 0.15) is 17.2 Å². The lowest BCUT2D eigenvalue weighted by Crippen LogP contribution is -2.60. The number of hydrogen-bond acceptors (Lipinski definition) is 5. The van der Waals surface area contributed by atoms with Crippen molar-refractivity contribution in [2.24, 2.45) is 0 Å². The Morgan fingerprint density at radius 3 is 2.46 bits per heavy atom. The Kier molecular flexibility index (Phi) is 5.94. The van der Waals surface area contributed by atoms with Gasteiger partial charge in [-0.2, -0.15) is 9.28 Å². The van der Waals surface area contributed by atoms with Gasteiger partial charge in [0.05, 0.1) is 13.1 Å². The van der Waals surface area contributed by atoms with E-state index in [9.17, 15) is 24.6 Å². The van der Waals surface area contributed by atoms with Crippen LogP contribution < -0.4 is 4.48 Å². The van der Waals surface area contributed by atoms with Crippen molar-refractivity contribution >= 4 is 29.4 Å². The number of hydrogen-bond donors (Lipinski definition) is 3. The molecule has 9 nitrogen and oxygen atoms in total. The second kappa shape index (κ2) is 8.76. The summed E-state index contributed by atoms with van der Waals surface area (Å²) in [6.07, 6.45) is 1.82. The van der Waals surface area contributed by atoms with Crippen molar-refractivity contribution in [3.8, 4) is 0 Å². The minimum absolute atomic E-state index is 0.00751. The maximum atomic E-state index is 13.4. The van der Waals surface area contributed by atoms with Crippen molar-refractivity contribution in [2.75, 3.05) is 13.1 Å². The number of likely N-dealkylation sites (tertiary alicyclic amines) is 1. The number of nitrogens with one attached hydrogen (secondary N) is 1. The molecule has 9 heteroatoms. The molecule has 1 aromatic heterocycles. The standard InChI is InChI=1S/C28H32N4O5/c1-28(2,3)19-13-17(9-11-21(19)32(27(36)37)12-4-5-22(32)26(34)35)23(33)15-31-14-18-8-10-20(16-6-7-16)30-24(18)25(31)29/h8-11,13,16,22,29H,4-7,12,14-15H2,1-3H3,(H-,34,35,36,37)/p+1. The zero-order valence-corrected chi connectivity index (χ0v) is 21.5. The van der Waals surface area contributed by atoms with Gasteiger partial charge in [-0.25, -0.2) is 9.78 Å². The summed E-state index contributed by atoms with van der Waals surface area (Å²) in [4.78, 5) is 44.4. The number of benzene rings is 1. The molecule has 3 N–H and O–H groups in total. The number of fused-ring (bicyclic) bond motifs is 1. The van der Waals surface area contributed by atoms with Crippen LogP contribution in [0.4, 0.5) is 10.5 Å². The molecule has 0 spiro atoms. The highest BCUT2D eigenvalue weighted by Crippen LogP contribution is 2.43. The average Bonchev–Trinajstić information content (AvgIpc) is 3.51. The Bertz CT molecular complexity index is 1330. The van der Waals surface area contributed by atoms with Crippen molar-refractivity contribution in [1.82, 2.24) is 14.4 Å². The molecule has 1 saturated carbocycles. The predicted molar refractivity (Wildman–Crippen MR) is 138 cm³/mol. The molecule has 3 heterocycles. The number of nitrogens with zero attached hydrogens (tertiary/aromatic N) is 3. The number of Topliss-reactive ketones (excluding diaryl/α,β-unsaturated/α-hetero) is 1. The first-order valence-corrected chi connectivity index (χ1v) is 12.8. The van der Waals surface area contributed by atoms with E-state index in [2.05, 4.69) is 0 Å². The van der Waals surface area contributed by atoms with Crippen molar-refractivity contribution < 1.29 is 24.6 Å². The largest absolute Gasteiger partial charge is 0.519 e. The van der Waals surface area contributed by atoms with Crippen molar-refractivity contribution in [2.45, 2.75) is 70.4 Å². The molecule has 5 rings (SSSR count). The van der Waals surface area contributed by atoms with Crippen LogP contribution in [0.3, 0.4) is 0 Å². The molecule has 1 aromatic carbocycles. The van der Waals surface area contributed by atoms with E-state index >= 15 is 0 Å². The van der Waals surface area contributed by atoms with Gasteiger partial charge < -0.3 is 15.1 Å². The number of rotatable bonds is 6. The lowest BCUT2D eigenvalue weighted by Gasteiger charge is -2.36. The normalized spacial score (nSPS) is 23.3. The summed E-state index contributed by atoms with van der Waals surface area (Å²) in [5, 5.41) is 28.7. The fraction of sp³-hybridized carbons (Fsp3) is 0.464. The summed E-state index contributed by atoms with van der Waals surface area (Å²) in [6, 6.07) is 7.88.